The molecule has 1 saturated carbocycles. The Bertz CT molecular complexity index is 690. The number of aliphatic carboxylic acids is 1. The molecule has 1 aromatic rings. The number of nitrogens with zero attached hydrogens (tertiary/aromatic N) is 2. The number of amides is 1. The van der Waals surface area contributed by atoms with Gasteiger partial charge in [-0.05, 0) is 37.6 Å². The van der Waals surface area contributed by atoms with Gasteiger partial charge in [0.25, 0.3) is 0 Å². The number of carboxylic acid groups (broad SMARTS) is 1. The van der Waals surface area contributed by atoms with Crippen molar-refractivity contribution in [2.24, 2.45) is 0 Å². The number of halogens is 1. The van der Waals surface area contributed by atoms with E-state index in [2.05, 4.69) is 0 Å². The predicted octanol–water partition coefficient (Wildman–Crippen LogP) is 2.40. The van der Waals surface area contributed by atoms with E-state index >= 15 is 0 Å². The van der Waals surface area contributed by atoms with E-state index in [1.54, 1.807) is 11.9 Å². The number of rotatable bonds is 6. The largest absolute Gasteiger partial charge is 0.480 e. The molecular formula is C20H27ClN2O4. The lowest BCUT2D eigenvalue weighted by atomic mass is 9.77. The Balaban J connectivity index is 1.73. The fourth-order valence-corrected chi connectivity index (χ4v) is 4.54. The second kappa shape index (κ2) is 8.59. The van der Waals surface area contributed by atoms with E-state index in [-0.39, 0.29) is 18.6 Å². The molecule has 2 fully saturated rings. The number of morpholine rings is 1. The Morgan fingerprint density at radius 2 is 2.11 bits per heavy atom. The van der Waals surface area contributed by atoms with Gasteiger partial charge in [-0.2, -0.15) is 0 Å². The highest BCUT2D eigenvalue weighted by molar-refractivity contribution is 6.30. The molecule has 6 nitrogen and oxygen atoms in total. The fourth-order valence-electron chi connectivity index (χ4n) is 4.35. The van der Waals surface area contributed by atoms with Crippen molar-refractivity contribution >= 4 is 23.5 Å². The van der Waals surface area contributed by atoms with Crippen LogP contribution in [-0.4, -0.2) is 72.7 Å². The van der Waals surface area contributed by atoms with Crippen LogP contribution in [0.3, 0.4) is 0 Å². The van der Waals surface area contributed by atoms with E-state index < -0.39 is 11.4 Å². The van der Waals surface area contributed by atoms with Crippen molar-refractivity contribution in [2.75, 3.05) is 39.8 Å². The quantitative estimate of drug-likeness (QED) is 0.802. The molecule has 1 unspecified atom stereocenters. The van der Waals surface area contributed by atoms with Gasteiger partial charge in [0.1, 0.15) is 0 Å². The summed E-state index contributed by atoms with van der Waals surface area (Å²) >= 11 is 6.20. The maximum atomic E-state index is 13.6. The maximum Gasteiger partial charge on any atom is 0.317 e. The van der Waals surface area contributed by atoms with E-state index in [0.29, 0.717) is 31.3 Å². The van der Waals surface area contributed by atoms with Crippen LogP contribution in [0.5, 0.6) is 0 Å². The molecule has 3 rings (SSSR count). The summed E-state index contributed by atoms with van der Waals surface area (Å²) in [4.78, 5) is 28.0. The van der Waals surface area contributed by atoms with E-state index in [0.717, 1.165) is 31.2 Å². The first-order valence-corrected chi connectivity index (χ1v) is 9.86. The van der Waals surface area contributed by atoms with Gasteiger partial charge >= 0.3 is 5.97 Å². The highest BCUT2D eigenvalue weighted by Crippen LogP contribution is 2.43. The number of carbonyl (C=O) groups is 2. The van der Waals surface area contributed by atoms with Gasteiger partial charge in [-0.25, -0.2) is 0 Å². The molecule has 1 amide bonds. The number of carbonyl (C=O) groups excluding carboxylic acids is 1. The average molecular weight is 395 g/mol. The Labute approximate surface area is 165 Å². The van der Waals surface area contributed by atoms with Crippen LogP contribution >= 0.6 is 11.6 Å². The smallest absolute Gasteiger partial charge is 0.317 e. The summed E-state index contributed by atoms with van der Waals surface area (Å²) in [5.41, 5.74) is 0.503. The molecular weight excluding hydrogens is 368 g/mol. The van der Waals surface area contributed by atoms with Crippen molar-refractivity contribution in [3.8, 4) is 0 Å². The van der Waals surface area contributed by atoms with Gasteiger partial charge in [0, 0.05) is 24.7 Å². The highest BCUT2D eigenvalue weighted by atomic mass is 35.5. The Kier molecular flexibility index (Phi) is 6.40. The SMILES string of the molecule is CN(CC(=O)O)CC1CN(C(=O)C2(c3cccc(Cl)c3)CCCC2)CCO1. The summed E-state index contributed by atoms with van der Waals surface area (Å²) in [6.45, 7) is 1.98. The van der Waals surface area contributed by atoms with Gasteiger partial charge in [-0.1, -0.05) is 36.6 Å². The van der Waals surface area contributed by atoms with Crippen molar-refractivity contribution in [3.05, 3.63) is 34.9 Å². The van der Waals surface area contributed by atoms with Crippen LogP contribution < -0.4 is 0 Å². The number of hydrogen-bond acceptors (Lipinski definition) is 4. The molecule has 1 aliphatic carbocycles. The molecule has 1 aromatic carbocycles. The fraction of sp³-hybridized carbons (Fsp3) is 0.600. The van der Waals surface area contributed by atoms with Gasteiger partial charge in [-0.3, -0.25) is 14.5 Å². The number of carboxylic acids is 1. The average Bonchev–Trinajstić information content (AvgIpc) is 3.11. The zero-order chi connectivity index (χ0) is 19.4. The second-order valence-electron chi connectivity index (χ2n) is 7.63. The van der Waals surface area contributed by atoms with Crippen molar-refractivity contribution in [3.63, 3.8) is 0 Å². The first-order valence-electron chi connectivity index (χ1n) is 9.48. The lowest BCUT2D eigenvalue weighted by Gasteiger charge is -2.40. The summed E-state index contributed by atoms with van der Waals surface area (Å²) < 4.78 is 5.78. The zero-order valence-electron chi connectivity index (χ0n) is 15.7. The number of benzene rings is 1. The molecule has 0 aromatic heterocycles. The molecule has 2 aliphatic rings. The third kappa shape index (κ3) is 4.62. The Hall–Kier alpha value is -1.63. The predicted molar refractivity (Wildman–Crippen MR) is 103 cm³/mol. The first kappa shape index (κ1) is 20.1. The van der Waals surface area contributed by atoms with E-state index in [4.69, 9.17) is 21.4 Å². The normalized spacial score (nSPS) is 22.2. The lowest BCUT2D eigenvalue weighted by Crippen LogP contribution is -2.54. The molecule has 27 heavy (non-hydrogen) atoms. The van der Waals surface area contributed by atoms with Crippen LogP contribution in [0.25, 0.3) is 0 Å². The summed E-state index contributed by atoms with van der Waals surface area (Å²) in [5.74, 6) is -0.719. The molecule has 0 spiro atoms. The molecule has 1 heterocycles. The van der Waals surface area contributed by atoms with Crippen LogP contribution in [0.2, 0.25) is 5.02 Å². The van der Waals surface area contributed by atoms with Gasteiger partial charge in [0.15, 0.2) is 0 Å². The van der Waals surface area contributed by atoms with Gasteiger partial charge < -0.3 is 14.7 Å². The Morgan fingerprint density at radius 3 is 2.78 bits per heavy atom. The van der Waals surface area contributed by atoms with Gasteiger partial charge in [-0.15, -0.1) is 0 Å². The first-order chi connectivity index (χ1) is 12.9. The van der Waals surface area contributed by atoms with Crippen LogP contribution in [0, 0.1) is 0 Å². The van der Waals surface area contributed by atoms with Crippen molar-refractivity contribution in [2.45, 2.75) is 37.2 Å². The number of ether oxygens (including phenoxy) is 1. The Morgan fingerprint density at radius 1 is 1.37 bits per heavy atom. The minimum Gasteiger partial charge on any atom is -0.480 e. The summed E-state index contributed by atoms with van der Waals surface area (Å²) in [6, 6.07) is 7.67. The van der Waals surface area contributed by atoms with Gasteiger partial charge in [0.2, 0.25) is 5.91 Å². The topological polar surface area (TPSA) is 70.1 Å². The van der Waals surface area contributed by atoms with Crippen molar-refractivity contribution in [1.82, 2.24) is 9.80 Å². The lowest BCUT2D eigenvalue weighted by molar-refractivity contribution is -0.146. The van der Waals surface area contributed by atoms with E-state index in [1.165, 1.54) is 0 Å². The summed E-state index contributed by atoms with van der Waals surface area (Å²) in [6.07, 6.45) is 3.57. The van der Waals surface area contributed by atoms with Crippen LogP contribution in [-0.2, 0) is 19.7 Å². The molecule has 1 atom stereocenters. The molecule has 7 heteroatoms. The molecule has 0 radical (unpaired) electrons. The van der Waals surface area contributed by atoms with Crippen LogP contribution in [0.4, 0.5) is 0 Å². The number of hydrogen-bond donors (Lipinski definition) is 1. The van der Waals surface area contributed by atoms with E-state index in [1.807, 2.05) is 29.2 Å². The number of likely N-dealkylation sites (N-methyl/N-ethyl adjacent to an activating group) is 1. The van der Waals surface area contributed by atoms with Crippen LogP contribution in [0.1, 0.15) is 31.2 Å². The monoisotopic (exact) mass is 394 g/mol. The van der Waals surface area contributed by atoms with E-state index in [9.17, 15) is 9.59 Å². The third-order valence-electron chi connectivity index (χ3n) is 5.59. The van der Waals surface area contributed by atoms with Crippen molar-refractivity contribution in [1.29, 1.82) is 0 Å². The molecule has 0 bridgehead atoms. The minimum absolute atomic E-state index is 0.0414. The maximum absolute atomic E-state index is 13.6. The van der Waals surface area contributed by atoms with Crippen molar-refractivity contribution < 1.29 is 19.4 Å². The minimum atomic E-state index is -0.868. The van der Waals surface area contributed by atoms with Gasteiger partial charge in [0.05, 0.1) is 24.7 Å². The summed E-state index contributed by atoms with van der Waals surface area (Å²) in [7, 11) is 1.75. The molecule has 1 saturated heterocycles. The third-order valence-corrected chi connectivity index (χ3v) is 5.83. The standard InChI is InChI=1S/C20H27ClN2O4/c1-22(14-18(24)25)12-17-13-23(9-10-27-17)19(26)20(7-2-3-8-20)15-5-4-6-16(21)11-15/h4-6,11,17H,2-3,7-10,12-14H2,1H3,(H,24,25). The van der Waals surface area contributed by atoms with Crippen LogP contribution in [0.15, 0.2) is 24.3 Å². The molecule has 148 valence electrons. The second-order valence-corrected chi connectivity index (χ2v) is 8.07. The molecule has 1 N–H and O–H groups in total. The summed E-state index contributed by atoms with van der Waals surface area (Å²) in [5, 5.41) is 9.58. The highest BCUT2D eigenvalue weighted by Gasteiger charge is 2.45. The molecule has 1 aliphatic heterocycles. The zero-order valence-corrected chi connectivity index (χ0v) is 16.5.